The second-order valence-corrected chi connectivity index (χ2v) is 4.96. The summed E-state index contributed by atoms with van der Waals surface area (Å²) in [5.41, 5.74) is 8.42. The number of pyridine rings is 1. The highest BCUT2D eigenvalue weighted by molar-refractivity contribution is 6.31. The molecular formula is C13H16ClN3. The Labute approximate surface area is 106 Å². The molecule has 0 aliphatic heterocycles. The maximum atomic E-state index is 5.95. The van der Waals surface area contributed by atoms with Gasteiger partial charge in [-0.15, -0.1) is 0 Å². The number of hydrogen-bond donors (Lipinski definition) is 2. The average Bonchev–Trinajstić information content (AvgIpc) is 2.27. The minimum Gasteiger partial charge on any atom is -0.396 e. The van der Waals surface area contributed by atoms with Crippen molar-refractivity contribution in [3.8, 4) is 0 Å². The Kier molecular flexibility index (Phi) is 3.38. The van der Waals surface area contributed by atoms with Gasteiger partial charge in [0.05, 0.1) is 23.1 Å². The van der Waals surface area contributed by atoms with Crippen LogP contribution in [-0.2, 0) is 0 Å². The van der Waals surface area contributed by atoms with E-state index in [0.717, 1.165) is 23.1 Å². The monoisotopic (exact) mass is 249 g/mol. The van der Waals surface area contributed by atoms with Crippen molar-refractivity contribution in [2.45, 2.75) is 13.8 Å². The first-order valence-electron chi connectivity index (χ1n) is 5.65. The molecule has 2 aromatic rings. The summed E-state index contributed by atoms with van der Waals surface area (Å²) >= 11 is 5.95. The van der Waals surface area contributed by atoms with Gasteiger partial charge in [-0.2, -0.15) is 0 Å². The Bertz CT molecular complexity index is 537. The summed E-state index contributed by atoms with van der Waals surface area (Å²) in [6.07, 6.45) is 1.67. The van der Waals surface area contributed by atoms with Crippen LogP contribution in [0.3, 0.4) is 0 Å². The fourth-order valence-electron chi connectivity index (χ4n) is 1.69. The van der Waals surface area contributed by atoms with Crippen LogP contribution >= 0.6 is 11.6 Å². The number of anilines is 2. The summed E-state index contributed by atoms with van der Waals surface area (Å²) in [4.78, 5) is 4.28. The van der Waals surface area contributed by atoms with E-state index in [9.17, 15) is 0 Å². The van der Waals surface area contributed by atoms with Crippen LogP contribution in [0.5, 0.6) is 0 Å². The lowest BCUT2D eigenvalue weighted by Gasteiger charge is -2.13. The Morgan fingerprint density at radius 1 is 1.41 bits per heavy atom. The van der Waals surface area contributed by atoms with Crippen LogP contribution in [0.1, 0.15) is 13.8 Å². The van der Waals surface area contributed by atoms with E-state index in [1.165, 1.54) is 0 Å². The Morgan fingerprint density at radius 3 is 2.88 bits per heavy atom. The summed E-state index contributed by atoms with van der Waals surface area (Å²) in [5, 5.41) is 5.06. The predicted octanol–water partition coefficient (Wildman–Crippen LogP) is 3.54. The van der Waals surface area contributed by atoms with Gasteiger partial charge in [-0.1, -0.05) is 25.4 Å². The van der Waals surface area contributed by atoms with Gasteiger partial charge < -0.3 is 11.1 Å². The summed E-state index contributed by atoms with van der Waals surface area (Å²) in [7, 11) is 0. The topological polar surface area (TPSA) is 50.9 Å². The minimum atomic E-state index is 0.560. The van der Waals surface area contributed by atoms with Crippen LogP contribution in [0.4, 0.5) is 11.4 Å². The molecule has 0 unspecified atom stereocenters. The van der Waals surface area contributed by atoms with E-state index >= 15 is 0 Å². The lowest BCUT2D eigenvalue weighted by Crippen LogP contribution is -2.10. The van der Waals surface area contributed by atoms with Crippen molar-refractivity contribution in [3.63, 3.8) is 0 Å². The van der Waals surface area contributed by atoms with Crippen molar-refractivity contribution in [1.82, 2.24) is 4.98 Å². The third kappa shape index (κ3) is 2.61. The molecule has 0 saturated heterocycles. The van der Waals surface area contributed by atoms with Crippen molar-refractivity contribution in [2.24, 2.45) is 5.92 Å². The Morgan fingerprint density at radius 2 is 2.18 bits per heavy atom. The summed E-state index contributed by atoms with van der Waals surface area (Å²) in [5.74, 6) is 0.560. The molecule has 3 N–H and O–H groups in total. The van der Waals surface area contributed by atoms with Gasteiger partial charge in [0.25, 0.3) is 0 Å². The summed E-state index contributed by atoms with van der Waals surface area (Å²) < 4.78 is 0. The molecule has 0 amide bonds. The zero-order valence-electron chi connectivity index (χ0n) is 10.00. The van der Waals surface area contributed by atoms with Crippen molar-refractivity contribution in [1.29, 1.82) is 0 Å². The number of nitrogens with one attached hydrogen (secondary N) is 1. The molecule has 2 rings (SSSR count). The molecule has 4 heteroatoms. The number of nitrogen functional groups attached to an aromatic ring is 1. The zero-order chi connectivity index (χ0) is 12.4. The molecule has 0 aliphatic rings. The van der Waals surface area contributed by atoms with Crippen LogP contribution in [0.25, 0.3) is 10.9 Å². The third-order valence-electron chi connectivity index (χ3n) is 2.55. The highest BCUT2D eigenvalue weighted by Gasteiger charge is 2.07. The maximum Gasteiger partial charge on any atom is 0.0743 e. The number of nitrogens with zero attached hydrogens (tertiary/aromatic N) is 1. The molecule has 0 saturated carbocycles. The standard InChI is InChI=1S/C13H16ClN3/c1-8(2)6-17-13-10-4-3-9(14)5-12(10)16-7-11(13)15/h3-5,7-8H,6,15H2,1-2H3,(H,16,17). The van der Waals surface area contributed by atoms with Crippen molar-refractivity contribution >= 4 is 33.9 Å². The molecule has 1 heterocycles. The van der Waals surface area contributed by atoms with Gasteiger partial charge in [-0.05, 0) is 24.1 Å². The SMILES string of the molecule is CC(C)CNc1c(N)cnc2cc(Cl)ccc12. The van der Waals surface area contributed by atoms with E-state index in [-0.39, 0.29) is 0 Å². The molecule has 0 fully saturated rings. The first kappa shape index (κ1) is 12.0. The molecule has 0 atom stereocenters. The van der Waals surface area contributed by atoms with Crippen LogP contribution < -0.4 is 11.1 Å². The molecule has 0 spiro atoms. The molecule has 17 heavy (non-hydrogen) atoms. The molecule has 0 radical (unpaired) electrons. The van der Waals surface area contributed by atoms with Crippen LogP contribution in [0.15, 0.2) is 24.4 Å². The highest BCUT2D eigenvalue weighted by Crippen LogP contribution is 2.29. The fourth-order valence-corrected chi connectivity index (χ4v) is 1.85. The average molecular weight is 250 g/mol. The normalized spacial score (nSPS) is 11.1. The molecule has 0 aliphatic carbocycles. The number of nitrogens with two attached hydrogens (primary N) is 1. The van der Waals surface area contributed by atoms with Crippen LogP contribution in [-0.4, -0.2) is 11.5 Å². The van der Waals surface area contributed by atoms with Crippen molar-refractivity contribution < 1.29 is 0 Å². The molecule has 0 bridgehead atoms. The lowest BCUT2D eigenvalue weighted by molar-refractivity contribution is 0.689. The maximum absolute atomic E-state index is 5.95. The van der Waals surface area contributed by atoms with Crippen LogP contribution in [0, 0.1) is 5.92 Å². The number of rotatable bonds is 3. The van der Waals surface area contributed by atoms with Gasteiger partial charge >= 0.3 is 0 Å². The van der Waals surface area contributed by atoms with E-state index in [0.29, 0.717) is 16.6 Å². The molecule has 1 aromatic carbocycles. The number of hydrogen-bond acceptors (Lipinski definition) is 3. The molecule has 90 valence electrons. The van der Waals surface area contributed by atoms with Crippen molar-refractivity contribution in [2.75, 3.05) is 17.6 Å². The summed E-state index contributed by atoms with van der Waals surface area (Å²) in [6.45, 7) is 5.19. The van der Waals surface area contributed by atoms with Gasteiger partial charge in [0.15, 0.2) is 0 Å². The highest BCUT2D eigenvalue weighted by atomic mass is 35.5. The number of aromatic nitrogens is 1. The molecule has 3 nitrogen and oxygen atoms in total. The van der Waals surface area contributed by atoms with E-state index in [1.807, 2.05) is 18.2 Å². The quantitative estimate of drug-likeness (QED) is 0.875. The Balaban J connectivity index is 2.48. The zero-order valence-corrected chi connectivity index (χ0v) is 10.8. The van der Waals surface area contributed by atoms with E-state index in [2.05, 4.69) is 24.1 Å². The van der Waals surface area contributed by atoms with Gasteiger partial charge in [0.1, 0.15) is 0 Å². The van der Waals surface area contributed by atoms with Gasteiger partial charge in [-0.25, -0.2) is 0 Å². The smallest absolute Gasteiger partial charge is 0.0743 e. The minimum absolute atomic E-state index is 0.560. The van der Waals surface area contributed by atoms with Gasteiger partial charge in [-0.3, -0.25) is 4.98 Å². The van der Waals surface area contributed by atoms with Gasteiger partial charge in [0.2, 0.25) is 0 Å². The Hall–Kier alpha value is -1.48. The predicted molar refractivity (Wildman–Crippen MR) is 74.5 cm³/mol. The van der Waals surface area contributed by atoms with Crippen molar-refractivity contribution in [3.05, 3.63) is 29.4 Å². The first-order chi connectivity index (χ1) is 8.08. The number of benzene rings is 1. The number of fused-ring (bicyclic) bond motifs is 1. The first-order valence-corrected chi connectivity index (χ1v) is 6.03. The van der Waals surface area contributed by atoms with E-state index < -0.39 is 0 Å². The largest absolute Gasteiger partial charge is 0.396 e. The second kappa shape index (κ2) is 4.80. The fraction of sp³-hybridized carbons (Fsp3) is 0.308. The summed E-state index contributed by atoms with van der Waals surface area (Å²) in [6, 6.07) is 5.64. The molecular weight excluding hydrogens is 234 g/mol. The van der Waals surface area contributed by atoms with E-state index in [4.69, 9.17) is 17.3 Å². The number of halogens is 1. The van der Waals surface area contributed by atoms with Crippen LogP contribution in [0.2, 0.25) is 5.02 Å². The lowest BCUT2D eigenvalue weighted by atomic mass is 10.1. The third-order valence-corrected chi connectivity index (χ3v) is 2.78. The van der Waals surface area contributed by atoms with E-state index in [1.54, 1.807) is 6.20 Å². The second-order valence-electron chi connectivity index (χ2n) is 4.52. The van der Waals surface area contributed by atoms with Gasteiger partial charge in [0, 0.05) is 17.0 Å². The molecule has 1 aromatic heterocycles.